The molecule has 2 heterocycles. The van der Waals surface area contributed by atoms with E-state index in [0.717, 1.165) is 57.4 Å². The Labute approximate surface area is 273 Å². The number of likely N-dealkylation sites (tertiary alicyclic amines) is 2. The van der Waals surface area contributed by atoms with Crippen molar-refractivity contribution in [2.45, 2.75) is 50.5 Å². The molecule has 2 aromatic rings. The first kappa shape index (κ1) is 33.8. The highest BCUT2D eigenvalue weighted by Crippen LogP contribution is 2.31. The molecule has 4 rings (SSSR count). The second-order valence-corrected chi connectivity index (χ2v) is 12.8. The molecule has 2 aliphatic heterocycles. The Kier molecular flexibility index (Phi) is 12.8. The van der Waals surface area contributed by atoms with Crippen molar-refractivity contribution < 1.29 is 19.5 Å². The zero-order valence-electron chi connectivity index (χ0n) is 24.3. The Morgan fingerprint density at radius 2 is 1.77 bits per heavy atom. The Bertz CT molecular complexity index is 1280. The molecule has 12 heteroatoms. The van der Waals surface area contributed by atoms with E-state index in [1.54, 1.807) is 31.3 Å². The molecule has 2 amide bonds. The summed E-state index contributed by atoms with van der Waals surface area (Å²) in [5.74, 6) is -0.249. The van der Waals surface area contributed by atoms with Crippen LogP contribution in [0.4, 0.5) is 0 Å². The molecule has 2 fully saturated rings. The van der Waals surface area contributed by atoms with Crippen LogP contribution in [-0.2, 0) is 9.63 Å². The van der Waals surface area contributed by atoms with Crippen molar-refractivity contribution in [3.05, 3.63) is 67.6 Å². The predicted molar refractivity (Wildman–Crippen MR) is 173 cm³/mol. The van der Waals surface area contributed by atoms with Gasteiger partial charge in [-0.25, -0.2) is 0 Å². The van der Waals surface area contributed by atoms with Gasteiger partial charge in [-0.05, 0) is 74.5 Å². The minimum absolute atomic E-state index is 0.0158. The molecule has 0 spiro atoms. The smallest absolute Gasteiger partial charge is 0.254 e. The number of oxime groups is 1. The minimum atomic E-state index is -0.276. The molecule has 2 saturated heterocycles. The zero-order valence-corrected chi connectivity index (χ0v) is 27.3. The SMILES string of the molecule is CN(C/C(=N\OCCO)C(CCN1CCC(N2CCCCC2=O)CC1)c1ccc(Cl)c(Cl)c1)C(=O)c1cc(Cl)cc(Cl)c1. The molecular weight excluding hydrogens is 634 g/mol. The highest BCUT2D eigenvalue weighted by atomic mass is 35.5. The fraction of sp³-hybridized carbons (Fsp3) is 0.516. The monoisotopic (exact) mass is 670 g/mol. The molecule has 1 unspecified atom stereocenters. The van der Waals surface area contributed by atoms with Gasteiger partial charge in [-0.15, -0.1) is 0 Å². The zero-order chi connectivity index (χ0) is 30.9. The number of aliphatic hydroxyl groups is 1. The molecule has 0 aromatic heterocycles. The first-order chi connectivity index (χ1) is 20.7. The Morgan fingerprint density at radius 3 is 2.42 bits per heavy atom. The Morgan fingerprint density at radius 1 is 1.05 bits per heavy atom. The average Bonchev–Trinajstić information content (AvgIpc) is 2.98. The van der Waals surface area contributed by atoms with Gasteiger partial charge in [-0.1, -0.05) is 57.6 Å². The standard InChI is InChI=1S/C31H38Cl4N4O4/c1-37(31(42)22-16-23(32)19-24(33)17-22)20-29(36-43-15-14-40)26(21-5-6-27(34)28(35)18-21)9-13-38-11-7-25(8-12-38)39-10-3-2-4-30(39)41/h5-6,16-19,25-26,40H,2-4,7-15,20H2,1H3/b36-29+. The summed E-state index contributed by atoms with van der Waals surface area (Å²) in [7, 11) is 1.68. The quantitative estimate of drug-likeness (QED) is 0.161. The van der Waals surface area contributed by atoms with Crippen LogP contribution < -0.4 is 0 Å². The van der Waals surface area contributed by atoms with Gasteiger partial charge in [0.15, 0.2) is 0 Å². The van der Waals surface area contributed by atoms with Crippen molar-refractivity contribution >= 4 is 63.9 Å². The van der Waals surface area contributed by atoms with E-state index in [1.807, 2.05) is 12.1 Å². The number of halogens is 4. The second kappa shape index (κ2) is 16.3. The van der Waals surface area contributed by atoms with Gasteiger partial charge in [0.05, 0.1) is 28.9 Å². The van der Waals surface area contributed by atoms with Gasteiger partial charge in [0, 0.05) is 60.7 Å². The molecule has 8 nitrogen and oxygen atoms in total. The topological polar surface area (TPSA) is 85.7 Å². The number of amides is 2. The first-order valence-electron chi connectivity index (χ1n) is 14.6. The summed E-state index contributed by atoms with van der Waals surface area (Å²) in [6, 6.07) is 10.5. The van der Waals surface area contributed by atoms with Crippen molar-refractivity contribution in [3.8, 4) is 0 Å². The number of hydrogen-bond donors (Lipinski definition) is 1. The molecule has 2 aliphatic rings. The average molecular weight is 672 g/mol. The van der Waals surface area contributed by atoms with Crippen molar-refractivity contribution in [1.29, 1.82) is 0 Å². The van der Waals surface area contributed by atoms with Gasteiger partial charge in [-0.3, -0.25) is 9.59 Å². The van der Waals surface area contributed by atoms with Crippen LogP contribution in [-0.4, -0.2) is 96.4 Å². The minimum Gasteiger partial charge on any atom is -0.393 e. The molecule has 0 bridgehead atoms. The molecular formula is C31H38Cl4N4O4. The number of hydrogen-bond acceptors (Lipinski definition) is 6. The van der Waals surface area contributed by atoms with E-state index in [4.69, 9.17) is 51.2 Å². The van der Waals surface area contributed by atoms with Crippen LogP contribution in [0.5, 0.6) is 0 Å². The van der Waals surface area contributed by atoms with Gasteiger partial charge < -0.3 is 24.6 Å². The summed E-state index contributed by atoms with van der Waals surface area (Å²) in [4.78, 5) is 37.3. The molecule has 0 aliphatic carbocycles. The lowest BCUT2D eigenvalue weighted by Crippen LogP contribution is -2.49. The maximum absolute atomic E-state index is 13.4. The number of piperidine rings is 2. The summed E-state index contributed by atoms with van der Waals surface area (Å²) in [6.45, 7) is 3.39. The highest BCUT2D eigenvalue weighted by Gasteiger charge is 2.30. The second-order valence-electron chi connectivity index (χ2n) is 11.1. The van der Waals surface area contributed by atoms with E-state index >= 15 is 0 Å². The number of rotatable bonds is 12. The number of carbonyl (C=O) groups excluding carboxylic acids is 2. The summed E-state index contributed by atoms with van der Waals surface area (Å²) in [5.41, 5.74) is 1.85. The Hall–Kier alpha value is -2.07. The van der Waals surface area contributed by atoms with E-state index in [-0.39, 0.29) is 37.5 Å². The third-order valence-corrected chi connectivity index (χ3v) is 9.24. The van der Waals surface area contributed by atoms with Gasteiger partial charge >= 0.3 is 0 Å². The molecule has 43 heavy (non-hydrogen) atoms. The fourth-order valence-corrected chi connectivity index (χ4v) is 6.65. The van der Waals surface area contributed by atoms with E-state index in [0.29, 0.717) is 50.2 Å². The number of benzene rings is 2. The van der Waals surface area contributed by atoms with Crippen molar-refractivity contribution in [3.63, 3.8) is 0 Å². The molecule has 1 N–H and O–H groups in total. The van der Waals surface area contributed by atoms with Crippen molar-refractivity contribution in [2.24, 2.45) is 5.16 Å². The van der Waals surface area contributed by atoms with Crippen LogP contribution in [0.3, 0.4) is 0 Å². The lowest BCUT2D eigenvalue weighted by Gasteiger charge is -2.40. The van der Waals surface area contributed by atoms with Gasteiger partial charge in [-0.2, -0.15) is 0 Å². The molecule has 2 aromatic carbocycles. The summed E-state index contributed by atoms with van der Waals surface area (Å²) < 4.78 is 0. The van der Waals surface area contributed by atoms with Crippen LogP contribution in [0.1, 0.15) is 60.4 Å². The third-order valence-electron chi connectivity index (χ3n) is 8.06. The molecule has 0 radical (unpaired) electrons. The lowest BCUT2D eigenvalue weighted by molar-refractivity contribution is -0.136. The van der Waals surface area contributed by atoms with Crippen LogP contribution in [0, 0.1) is 0 Å². The number of carbonyl (C=O) groups is 2. The van der Waals surface area contributed by atoms with E-state index < -0.39 is 0 Å². The van der Waals surface area contributed by atoms with Gasteiger partial charge in [0.1, 0.15) is 6.61 Å². The van der Waals surface area contributed by atoms with E-state index in [2.05, 4.69) is 15.0 Å². The maximum atomic E-state index is 13.4. The molecule has 1 atom stereocenters. The molecule has 0 saturated carbocycles. The summed E-state index contributed by atoms with van der Waals surface area (Å²) >= 11 is 25.0. The van der Waals surface area contributed by atoms with E-state index in [9.17, 15) is 14.7 Å². The third kappa shape index (κ3) is 9.46. The maximum Gasteiger partial charge on any atom is 0.254 e. The van der Waals surface area contributed by atoms with Gasteiger partial charge in [0.25, 0.3) is 5.91 Å². The van der Waals surface area contributed by atoms with Crippen LogP contribution in [0.25, 0.3) is 0 Å². The fourth-order valence-electron chi connectivity index (χ4n) is 5.82. The number of aliphatic hydroxyl groups excluding tert-OH is 1. The predicted octanol–water partition coefficient (Wildman–Crippen LogP) is 6.39. The Balaban J connectivity index is 1.52. The van der Waals surface area contributed by atoms with Crippen LogP contribution in [0.2, 0.25) is 20.1 Å². The molecule has 234 valence electrons. The van der Waals surface area contributed by atoms with Crippen LogP contribution >= 0.6 is 46.4 Å². The van der Waals surface area contributed by atoms with Crippen molar-refractivity contribution in [1.82, 2.24) is 14.7 Å². The summed E-state index contributed by atoms with van der Waals surface area (Å²) in [5, 5.41) is 15.3. The van der Waals surface area contributed by atoms with Gasteiger partial charge in [0.2, 0.25) is 5.91 Å². The van der Waals surface area contributed by atoms with Crippen molar-refractivity contribution in [2.75, 3.05) is 53.0 Å². The first-order valence-corrected chi connectivity index (χ1v) is 16.2. The van der Waals surface area contributed by atoms with Crippen LogP contribution in [0.15, 0.2) is 41.6 Å². The highest BCUT2D eigenvalue weighted by molar-refractivity contribution is 6.42. The lowest BCUT2D eigenvalue weighted by atomic mass is 9.89. The largest absolute Gasteiger partial charge is 0.393 e. The normalized spacial score (nSPS) is 17.7. The summed E-state index contributed by atoms with van der Waals surface area (Å²) in [6.07, 6.45) is 5.31. The van der Waals surface area contributed by atoms with E-state index in [1.165, 1.54) is 4.90 Å². The number of nitrogens with zero attached hydrogens (tertiary/aromatic N) is 4.